The summed E-state index contributed by atoms with van der Waals surface area (Å²) in [5.74, 6) is 1.34. The Kier molecular flexibility index (Phi) is 5.50. The summed E-state index contributed by atoms with van der Waals surface area (Å²) in [5.41, 5.74) is 4.64. The second-order valence-electron chi connectivity index (χ2n) is 7.58. The lowest BCUT2D eigenvalue weighted by molar-refractivity contribution is 0.0838. The third-order valence-electron chi connectivity index (χ3n) is 5.55. The molecule has 1 aromatic carbocycles. The lowest BCUT2D eigenvalue weighted by Crippen LogP contribution is -2.46. The highest BCUT2D eigenvalue weighted by Crippen LogP contribution is 2.24. The van der Waals surface area contributed by atoms with Crippen molar-refractivity contribution in [2.45, 2.75) is 33.4 Å². The fraction of sp³-hybridized carbons (Fsp3) is 0.409. The number of rotatable bonds is 5. The van der Waals surface area contributed by atoms with Gasteiger partial charge < -0.3 is 4.52 Å². The molecule has 0 unspecified atom stereocenters. The van der Waals surface area contributed by atoms with Crippen LogP contribution in [-0.4, -0.2) is 51.1 Å². The van der Waals surface area contributed by atoms with Gasteiger partial charge in [0.1, 0.15) is 0 Å². The zero-order valence-corrected chi connectivity index (χ0v) is 16.8. The fourth-order valence-corrected chi connectivity index (χ4v) is 3.59. The molecule has 0 saturated carbocycles. The van der Waals surface area contributed by atoms with E-state index in [9.17, 15) is 0 Å². The Hall–Kier alpha value is -2.57. The summed E-state index contributed by atoms with van der Waals surface area (Å²) in [6.45, 7) is 11.2. The summed E-state index contributed by atoms with van der Waals surface area (Å²) < 4.78 is 5.58. The van der Waals surface area contributed by atoms with Crippen LogP contribution in [0, 0.1) is 13.8 Å². The zero-order chi connectivity index (χ0) is 19.5. The standard InChI is InChI=1S/C22H27N5O/c1-16-6-8-19(9-7-16)21-24-22(28-25-21)18(3)27-13-11-26(12-14-27)15-20-17(2)5-4-10-23-20/h4-10,18H,11-15H2,1-3H3/t18-/m0/s1. The molecule has 1 atom stereocenters. The Morgan fingerprint density at radius 3 is 2.50 bits per heavy atom. The summed E-state index contributed by atoms with van der Waals surface area (Å²) in [4.78, 5) is 14.0. The first-order valence-electron chi connectivity index (χ1n) is 9.87. The molecule has 28 heavy (non-hydrogen) atoms. The van der Waals surface area contributed by atoms with E-state index < -0.39 is 0 Å². The number of benzene rings is 1. The highest BCUT2D eigenvalue weighted by molar-refractivity contribution is 5.54. The lowest BCUT2D eigenvalue weighted by Gasteiger charge is -2.36. The minimum atomic E-state index is 0.116. The van der Waals surface area contributed by atoms with Crippen LogP contribution in [0.15, 0.2) is 47.1 Å². The average molecular weight is 377 g/mol. The van der Waals surface area contributed by atoms with Crippen LogP contribution in [0.3, 0.4) is 0 Å². The van der Waals surface area contributed by atoms with Crippen molar-refractivity contribution < 1.29 is 4.52 Å². The van der Waals surface area contributed by atoms with Crippen LogP contribution in [0.25, 0.3) is 11.4 Å². The molecule has 6 heteroatoms. The van der Waals surface area contributed by atoms with Crippen LogP contribution in [-0.2, 0) is 6.54 Å². The molecule has 0 amide bonds. The van der Waals surface area contributed by atoms with Gasteiger partial charge in [-0.15, -0.1) is 0 Å². The first kappa shape index (κ1) is 18.8. The molecule has 3 aromatic rings. The Morgan fingerprint density at radius 2 is 1.79 bits per heavy atom. The molecule has 0 radical (unpaired) electrons. The second-order valence-corrected chi connectivity index (χ2v) is 7.58. The molecule has 0 bridgehead atoms. The summed E-state index contributed by atoms with van der Waals surface area (Å²) in [6.07, 6.45) is 1.88. The maximum absolute atomic E-state index is 5.58. The van der Waals surface area contributed by atoms with Crippen LogP contribution in [0.5, 0.6) is 0 Å². The van der Waals surface area contributed by atoms with Crippen LogP contribution in [0.2, 0.25) is 0 Å². The molecule has 0 aliphatic carbocycles. The van der Waals surface area contributed by atoms with Crippen molar-refractivity contribution in [3.8, 4) is 11.4 Å². The van der Waals surface area contributed by atoms with Crippen LogP contribution < -0.4 is 0 Å². The summed E-state index contributed by atoms with van der Waals surface area (Å²) >= 11 is 0. The molecular weight excluding hydrogens is 350 g/mol. The predicted octanol–water partition coefficient (Wildman–Crippen LogP) is 3.63. The first-order chi connectivity index (χ1) is 13.6. The first-order valence-corrected chi connectivity index (χ1v) is 9.87. The molecular formula is C22H27N5O. The molecule has 4 rings (SSSR count). The molecule has 1 fully saturated rings. The summed E-state index contributed by atoms with van der Waals surface area (Å²) in [7, 11) is 0. The summed E-state index contributed by atoms with van der Waals surface area (Å²) in [6, 6.07) is 12.4. The second kappa shape index (κ2) is 8.20. The van der Waals surface area contributed by atoms with Crippen LogP contribution in [0.4, 0.5) is 0 Å². The number of hydrogen-bond donors (Lipinski definition) is 0. The molecule has 0 N–H and O–H groups in total. The number of hydrogen-bond acceptors (Lipinski definition) is 6. The monoisotopic (exact) mass is 377 g/mol. The lowest BCUT2D eigenvalue weighted by atomic mass is 10.1. The maximum atomic E-state index is 5.58. The quantitative estimate of drug-likeness (QED) is 0.677. The smallest absolute Gasteiger partial charge is 0.244 e. The van der Waals surface area contributed by atoms with Crippen molar-refractivity contribution >= 4 is 0 Å². The van der Waals surface area contributed by atoms with E-state index in [2.05, 4.69) is 63.9 Å². The van der Waals surface area contributed by atoms with Crippen molar-refractivity contribution in [1.82, 2.24) is 24.9 Å². The number of piperazine rings is 1. The highest BCUT2D eigenvalue weighted by Gasteiger charge is 2.26. The Balaban J connectivity index is 1.36. The van der Waals surface area contributed by atoms with Crippen molar-refractivity contribution in [2.24, 2.45) is 0 Å². The average Bonchev–Trinajstić information content (AvgIpc) is 3.20. The van der Waals surface area contributed by atoms with E-state index in [0.717, 1.165) is 38.3 Å². The van der Waals surface area contributed by atoms with Crippen molar-refractivity contribution in [3.63, 3.8) is 0 Å². The van der Waals surface area contributed by atoms with E-state index in [1.54, 1.807) is 0 Å². The summed E-state index contributed by atoms with van der Waals surface area (Å²) in [5, 5.41) is 4.18. The van der Waals surface area contributed by atoms with Gasteiger partial charge in [0.2, 0.25) is 11.7 Å². The normalized spacial score (nSPS) is 17.0. The number of nitrogens with zero attached hydrogens (tertiary/aromatic N) is 5. The van der Waals surface area contributed by atoms with Crippen molar-refractivity contribution in [3.05, 3.63) is 65.3 Å². The van der Waals surface area contributed by atoms with Crippen LogP contribution in [0.1, 0.15) is 35.7 Å². The number of aromatic nitrogens is 3. The number of aryl methyl sites for hydroxylation is 2. The molecule has 1 saturated heterocycles. The molecule has 3 heterocycles. The SMILES string of the molecule is Cc1ccc(-c2noc([C@H](C)N3CCN(Cc4ncccc4C)CC3)n2)cc1. The van der Waals surface area contributed by atoms with Gasteiger partial charge in [-0.1, -0.05) is 41.1 Å². The third kappa shape index (κ3) is 4.13. The van der Waals surface area contributed by atoms with E-state index >= 15 is 0 Å². The molecule has 2 aromatic heterocycles. The topological polar surface area (TPSA) is 58.3 Å². The Labute approximate surface area is 166 Å². The van der Waals surface area contributed by atoms with Gasteiger partial charge in [0, 0.05) is 44.5 Å². The molecule has 1 aliphatic heterocycles. The van der Waals surface area contributed by atoms with Crippen molar-refractivity contribution in [2.75, 3.05) is 26.2 Å². The van der Waals surface area contributed by atoms with E-state index in [-0.39, 0.29) is 6.04 Å². The van der Waals surface area contributed by atoms with Gasteiger partial charge in [0.15, 0.2) is 0 Å². The van der Waals surface area contributed by atoms with Gasteiger partial charge in [-0.3, -0.25) is 14.8 Å². The van der Waals surface area contributed by atoms with Gasteiger partial charge in [0.25, 0.3) is 0 Å². The minimum absolute atomic E-state index is 0.116. The number of pyridine rings is 1. The van der Waals surface area contributed by atoms with E-state index in [4.69, 9.17) is 4.52 Å². The minimum Gasteiger partial charge on any atom is -0.337 e. The van der Waals surface area contributed by atoms with Gasteiger partial charge in [-0.25, -0.2) is 0 Å². The highest BCUT2D eigenvalue weighted by atomic mass is 16.5. The van der Waals surface area contributed by atoms with Gasteiger partial charge in [-0.2, -0.15) is 4.98 Å². The molecule has 146 valence electrons. The van der Waals surface area contributed by atoms with E-state index in [1.165, 1.54) is 16.8 Å². The van der Waals surface area contributed by atoms with E-state index in [0.29, 0.717) is 11.7 Å². The third-order valence-corrected chi connectivity index (χ3v) is 5.55. The zero-order valence-electron chi connectivity index (χ0n) is 16.8. The maximum Gasteiger partial charge on any atom is 0.244 e. The Bertz CT molecular complexity index is 913. The largest absolute Gasteiger partial charge is 0.337 e. The molecule has 1 aliphatic rings. The predicted molar refractivity (Wildman–Crippen MR) is 109 cm³/mol. The van der Waals surface area contributed by atoms with Gasteiger partial charge >= 0.3 is 0 Å². The van der Waals surface area contributed by atoms with E-state index in [1.807, 2.05) is 24.4 Å². The van der Waals surface area contributed by atoms with Gasteiger partial charge in [-0.05, 0) is 32.4 Å². The molecule has 6 nitrogen and oxygen atoms in total. The Morgan fingerprint density at radius 1 is 1.04 bits per heavy atom. The van der Waals surface area contributed by atoms with Gasteiger partial charge in [0.05, 0.1) is 11.7 Å². The van der Waals surface area contributed by atoms with Crippen molar-refractivity contribution in [1.29, 1.82) is 0 Å². The fourth-order valence-electron chi connectivity index (χ4n) is 3.59. The molecule has 0 spiro atoms. The van der Waals surface area contributed by atoms with Crippen LogP contribution >= 0.6 is 0 Å².